The van der Waals surface area contributed by atoms with Gasteiger partial charge in [0.2, 0.25) is 0 Å². The van der Waals surface area contributed by atoms with E-state index < -0.39 is 6.61 Å². The molecule has 1 aromatic heterocycles. The Hall–Kier alpha value is -2.45. The number of hydrogen-bond acceptors (Lipinski definition) is 5. The second kappa shape index (κ2) is 9.48. The minimum atomic E-state index is -2.85. The highest BCUT2D eigenvalue weighted by Gasteiger charge is 2.12. The lowest BCUT2D eigenvalue weighted by Crippen LogP contribution is -2.23. The number of rotatable bonds is 8. The van der Waals surface area contributed by atoms with E-state index >= 15 is 0 Å². The van der Waals surface area contributed by atoms with Gasteiger partial charge in [-0.3, -0.25) is 4.79 Å². The van der Waals surface area contributed by atoms with Gasteiger partial charge in [0, 0.05) is 22.6 Å². The topological polar surface area (TPSA) is 51.2 Å². The summed E-state index contributed by atoms with van der Waals surface area (Å²) in [6, 6.07) is 13.6. The van der Waals surface area contributed by atoms with Gasteiger partial charge in [0.05, 0.1) is 16.8 Å². The third-order valence-corrected chi connectivity index (χ3v) is 5.33. The number of aromatic nitrogens is 1. The van der Waals surface area contributed by atoms with Crippen molar-refractivity contribution < 1.29 is 18.3 Å². The monoisotopic (exact) mass is 406 g/mol. The van der Waals surface area contributed by atoms with Crippen molar-refractivity contribution in [3.05, 3.63) is 76.2 Å². The summed E-state index contributed by atoms with van der Waals surface area (Å²) in [6.45, 7) is -2.56. The van der Waals surface area contributed by atoms with Gasteiger partial charge >= 0.3 is 6.61 Å². The molecule has 0 unspecified atom stereocenters. The quantitative estimate of drug-likeness (QED) is 0.537. The average molecular weight is 406 g/mol. The van der Waals surface area contributed by atoms with Crippen molar-refractivity contribution in [2.24, 2.45) is 0 Å². The summed E-state index contributed by atoms with van der Waals surface area (Å²) >= 11 is 3.10. The van der Waals surface area contributed by atoms with Gasteiger partial charge in [-0.15, -0.1) is 23.1 Å². The summed E-state index contributed by atoms with van der Waals surface area (Å²) < 4.78 is 28.6. The molecule has 0 saturated heterocycles. The van der Waals surface area contributed by atoms with Crippen molar-refractivity contribution in [1.29, 1.82) is 0 Å². The molecular formula is C19H16F2N2O2S2. The molecule has 0 aliphatic carbocycles. The number of hydrogen-bond donors (Lipinski definition) is 1. The number of nitrogens with zero attached hydrogens (tertiary/aromatic N) is 1. The molecule has 27 heavy (non-hydrogen) atoms. The summed E-state index contributed by atoms with van der Waals surface area (Å²) in [5.41, 5.74) is 4.14. The van der Waals surface area contributed by atoms with Crippen molar-refractivity contribution in [1.82, 2.24) is 10.3 Å². The number of alkyl halides is 2. The lowest BCUT2D eigenvalue weighted by molar-refractivity contribution is -0.0498. The normalized spacial score (nSPS) is 10.8. The van der Waals surface area contributed by atoms with Crippen LogP contribution in [-0.4, -0.2) is 17.5 Å². The number of thioether (sulfide) groups is 1. The van der Waals surface area contributed by atoms with Crippen molar-refractivity contribution in [3.63, 3.8) is 0 Å². The van der Waals surface area contributed by atoms with Gasteiger partial charge in [-0.1, -0.05) is 24.3 Å². The fourth-order valence-electron chi connectivity index (χ4n) is 2.31. The van der Waals surface area contributed by atoms with Crippen LogP contribution in [0.5, 0.6) is 5.75 Å². The van der Waals surface area contributed by atoms with E-state index in [2.05, 4.69) is 15.0 Å². The highest BCUT2D eigenvalue weighted by atomic mass is 32.2. The predicted molar refractivity (Wildman–Crippen MR) is 102 cm³/mol. The fourth-order valence-corrected chi connectivity index (χ4v) is 3.92. The lowest BCUT2D eigenvalue weighted by Gasteiger charge is -2.10. The first-order valence-electron chi connectivity index (χ1n) is 8.02. The third kappa shape index (κ3) is 5.77. The van der Waals surface area contributed by atoms with Crippen LogP contribution < -0.4 is 10.1 Å². The van der Waals surface area contributed by atoms with Crippen molar-refractivity contribution in [3.8, 4) is 5.75 Å². The summed E-state index contributed by atoms with van der Waals surface area (Å²) in [7, 11) is 0. The number of nitrogens with one attached hydrogen (secondary N) is 1. The molecule has 0 fully saturated rings. The third-order valence-electron chi connectivity index (χ3n) is 3.59. The highest BCUT2D eigenvalue weighted by Crippen LogP contribution is 2.26. The number of carbonyl (C=O) groups is 1. The standard InChI is InChI=1S/C19H16F2N2O2S2/c20-19(21)25-15-7-5-13(6-8-15)9-22-18(24)16-3-1-2-4-17(16)27-11-14-10-26-12-23-14/h1-8,10,12,19H,9,11H2,(H,22,24). The molecule has 0 aliphatic rings. The Bertz CT molecular complexity index is 872. The second-order valence-electron chi connectivity index (χ2n) is 5.47. The number of ether oxygens (including phenoxy) is 1. The Morgan fingerprint density at radius 2 is 1.96 bits per heavy atom. The van der Waals surface area contributed by atoms with Crippen LogP contribution in [0.3, 0.4) is 0 Å². The van der Waals surface area contributed by atoms with Gasteiger partial charge in [-0.05, 0) is 29.8 Å². The molecule has 0 atom stereocenters. The number of carbonyl (C=O) groups excluding carboxylic acids is 1. The van der Waals surface area contributed by atoms with E-state index in [0.29, 0.717) is 17.9 Å². The number of thiazole rings is 1. The lowest BCUT2D eigenvalue weighted by atomic mass is 10.2. The zero-order valence-corrected chi connectivity index (χ0v) is 15.7. The zero-order valence-electron chi connectivity index (χ0n) is 14.1. The highest BCUT2D eigenvalue weighted by molar-refractivity contribution is 7.98. The number of halogens is 2. The van der Waals surface area contributed by atoms with E-state index in [1.165, 1.54) is 12.1 Å². The smallest absolute Gasteiger partial charge is 0.387 e. The van der Waals surface area contributed by atoms with Crippen molar-refractivity contribution in [2.45, 2.75) is 23.8 Å². The van der Waals surface area contributed by atoms with Gasteiger partial charge in [0.25, 0.3) is 5.91 Å². The van der Waals surface area contributed by atoms with E-state index in [9.17, 15) is 13.6 Å². The molecule has 0 aliphatic heterocycles. The van der Waals surface area contributed by atoms with Crippen LogP contribution in [0.25, 0.3) is 0 Å². The van der Waals surface area contributed by atoms with Gasteiger partial charge in [-0.2, -0.15) is 8.78 Å². The van der Waals surface area contributed by atoms with Crippen LogP contribution in [0.2, 0.25) is 0 Å². The van der Waals surface area contributed by atoms with E-state index in [0.717, 1.165) is 16.2 Å². The minimum absolute atomic E-state index is 0.0869. The van der Waals surface area contributed by atoms with Crippen molar-refractivity contribution >= 4 is 29.0 Å². The molecule has 1 heterocycles. The summed E-state index contributed by atoms with van der Waals surface area (Å²) in [5, 5.41) is 4.84. The first-order valence-corrected chi connectivity index (χ1v) is 9.95. The number of amides is 1. The van der Waals surface area contributed by atoms with Gasteiger partial charge < -0.3 is 10.1 Å². The Balaban J connectivity index is 1.59. The molecule has 0 radical (unpaired) electrons. The van der Waals surface area contributed by atoms with Crippen LogP contribution in [0, 0.1) is 0 Å². The van der Waals surface area contributed by atoms with Gasteiger partial charge in [-0.25, -0.2) is 4.98 Å². The summed E-state index contributed by atoms with van der Waals surface area (Å²) in [4.78, 5) is 17.7. The van der Waals surface area contributed by atoms with E-state index in [4.69, 9.17) is 0 Å². The Kier molecular flexibility index (Phi) is 6.78. The first-order chi connectivity index (χ1) is 13.1. The molecule has 4 nitrogen and oxygen atoms in total. The maximum absolute atomic E-state index is 12.6. The Labute approximate surface area is 163 Å². The Morgan fingerprint density at radius 1 is 1.19 bits per heavy atom. The molecule has 140 valence electrons. The molecule has 0 spiro atoms. The van der Waals surface area contributed by atoms with Crippen LogP contribution >= 0.6 is 23.1 Å². The molecule has 2 aromatic carbocycles. The zero-order chi connectivity index (χ0) is 19.1. The van der Waals surface area contributed by atoms with Crippen LogP contribution in [0.15, 0.2) is 64.3 Å². The molecule has 1 amide bonds. The van der Waals surface area contributed by atoms with Crippen LogP contribution in [-0.2, 0) is 12.3 Å². The van der Waals surface area contributed by atoms with Crippen LogP contribution in [0.1, 0.15) is 21.6 Å². The minimum Gasteiger partial charge on any atom is -0.435 e. The fraction of sp³-hybridized carbons (Fsp3) is 0.158. The summed E-state index contributed by atoms with van der Waals surface area (Å²) in [6.07, 6.45) is 0. The maximum Gasteiger partial charge on any atom is 0.387 e. The predicted octanol–water partition coefficient (Wildman–Crippen LogP) is 4.97. The van der Waals surface area contributed by atoms with E-state index in [1.54, 1.807) is 46.8 Å². The molecule has 8 heteroatoms. The first kappa shape index (κ1) is 19.3. The Morgan fingerprint density at radius 3 is 2.67 bits per heavy atom. The van der Waals surface area contributed by atoms with Gasteiger partial charge in [0.15, 0.2) is 0 Å². The van der Waals surface area contributed by atoms with Gasteiger partial charge in [0.1, 0.15) is 5.75 Å². The average Bonchev–Trinajstić information content (AvgIpc) is 3.19. The number of benzene rings is 2. The largest absolute Gasteiger partial charge is 0.435 e. The molecule has 0 bridgehead atoms. The van der Waals surface area contributed by atoms with E-state index in [1.807, 2.05) is 23.6 Å². The van der Waals surface area contributed by atoms with Crippen LogP contribution in [0.4, 0.5) is 8.78 Å². The molecular weight excluding hydrogens is 390 g/mol. The summed E-state index contributed by atoms with van der Waals surface area (Å²) in [5.74, 6) is 0.590. The van der Waals surface area contributed by atoms with E-state index in [-0.39, 0.29) is 11.7 Å². The maximum atomic E-state index is 12.6. The molecule has 1 N–H and O–H groups in total. The molecule has 0 saturated carbocycles. The molecule has 3 rings (SSSR count). The van der Waals surface area contributed by atoms with Crippen molar-refractivity contribution in [2.75, 3.05) is 0 Å². The molecule has 3 aromatic rings. The second-order valence-corrected chi connectivity index (χ2v) is 7.21. The SMILES string of the molecule is O=C(NCc1ccc(OC(F)F)cc1)c1ccccc1SCc1cscn1.